The maximum absolute atomic E-state index is 12.6. The van der Waals surface area contributed by atoms with Gasteiger partial charge in [-0.25, -0.2) is 17.6 Å². The van der Waals surface area contributed by atoms with Crippen molar-refractivity contribution in [3.63, 3.8) is 0 Å². The molecule has 68 valence electrons. The quantitative estimate of drug-likeness (QED) is 0.298. The first-order valence-corrected chi connectivity index (χ1v) is 3.02. The molecule has 0 atom stereocenters. The lowest BCUT2D eigenvalue weighted by Gasteiger charge is -2.07. The Labute approximate surface area is 71.5 Å². The Bertz CT molecular complexity index is 328. The second-order valence-corrected chi connectivity index (χ2v) is 2.16. The summed E-state index contributed by atoms with van der Waals surface area (Å²) in [6.07, 6.45) is 0. The Hall–Kier alpha value is -1.24. The minimum Gasteiger partial charge on any atom is -0.291 e. The predicted octanol–water partition coefficient (Wildman–Crippen LogP) is 0.838. The van der Waals surface area contributed by atoms with Crippen LogP contribution in [0.15, 0.2) is 0 Å². The van der Waals surface area contributed by atoms with E-state index in [4.69, 9.17) is 5.21 Å². The molecular weight excluding hydrogens is 189 g/mol. The van der Waals surface area contributed by atoms with Gasteiger partial charge in [0.2, 0.25) is 0 Å². The molecule has 0 saturated carbocycles. The summed E-state index contributed by atoms with van der Waals surface area (Å²) in [4.78, 5) is 0. The van der Waals surface area contributed by atoms with Gasteiger partial charge in [-0.2, -0.15) is 0 Å². The summed E-state index contributed by atoms with van der Waals surface area (Å²) in [6, 6.07) is 0. The van der Waals surface area contributed by atoms with E-state index in [1.54, 1.807) is 0 Å². The van der Waals surface area contributed by atoms with Crippen molar-refractivity contribution in [2.45, 2.75) is 0 Å². The van der Waals surface area contributed by atoms with Gasteiger partial charge in [0.05, 0.1) is 0 Å². The molecule has 0 heterocycles. The maximum Gasteiger partial charge on any atom is 0.186 e. The van der Waals surface area contributed by atoms with Gasteiger partial charge in [0.15, 0.2) is 23.3 Å². The van der Waals surface area contributed by atoms with Crippen LogP contribution in [-0.2, 0) is 0 Å². The van der Waals surface area contributed by atoms with E-state index in [1.807, 2.05) is 0 Å². The monoisotopic (exact) mass is 191 g/mol. The van der Waals surface area contributed by atoms with Crippen LogP contribution in [0.3, 0.4) is 0 Å². The Balaban J connectivity index is 3.56. The molecule has 0 unspecified atom stereocenters. The summed E-state index contributed by atoms with van der Waals surface area (Å²) in [7, 11) is 4.67. The van der Waals surface area contributed by atoms with E-state index in [1.165, 1.54) is 0 Å². The maximum atomic E-state index is 12.6. The zero-order valence-corrected chi connectivity index (χ0v) is 6.04. The molecule has 0 aliphatic heterocycles. The van der Waals surface area contributed by atoms with Crippen molar-refractivity contribution in [3.8, 4) is 0 Å². The number of rotatable bonds is 1. The molecule has 1 rings (SSSR count). The second-order valence-electron chi connectivity index (χ2n) is 2.16. The molecule has 13 heavy (non-hydrogen) atoms. The average Bonchev–Trinajstić information content (AvgIpc) is 2.13. The normalized spacial score (nSPS) is 10.2. The van der Waals surface area contributed by atoms with Crippen LogP contribution in [0.5, 0.6) is 0 Å². The fourth-order valence-electron chi connectivity index (χ4n) is 0.747. The molecule has 2 radical (unpaired) electrons. The van der Waals surface area contributed by atoms with Crippen LogP contribution in [0, 0.1) is 23.3 Å². The third-order valence-corrected chi connectivity index (χ3v) is 1.41. The lowest BCUT2D eigenvalue weighted by Crippen LogP contribution is -2.20. The standard InChI is InChI=1S/C6H2BF4NO/c7-1-2(8)4(10)6(12-13)5(11)3(1)9/h12-13H. The molecule has 0 bridgehead atoms. The van der Waals surface area contributed by atoms with Crippen LogP contribution >= 0.6 is 0 Å². The lowest BCUT2D eigenvalue weighted by molar-refractivity contribution is 0.369. The van der Waals surface area contributed by atoms with Gasteiger partial charge in [0.1, 0.15) is 13.5 Å². The van der Waals surface area contributed by atoms with Crippen LogP contribution in [0.25, 0.3) is 0 Å². The Morgan fingerprint density at radius 2 is 1.31 bits per heavy atom. The van der Waals surface area contributed by atoms with Crippen molar-refractivity contribution < 1.29 is 22.8 Å². The first-order chi connectivity index (χ1) is 6.00. The van der Waals surface area contributed by atoms with Gasteiger partial charge in [-0.3, -0.25) is 10.7 Å². The van der Waals surface area contributed by atoms with Gasteiger partial charge in [0.25, 0.3) is 0 Å². The van der Waals surface area contributed by atoms with E-state index >= 15 is 0 Å². The highest BCUT2D eigenvalue weighted by Gasteiger charge is 2.21. The van der Waals surface area contributed by atoms with Gasteiger partial charge in [-0.05, 0) is 5.46 Å². The average molecular weight is 191 g/mol. The number of anilines is 1. The molecule has 2 nitrogen and oxygen atoms in total. The summed E-state index contributed by atoms with van der Waals surface area (Å²) >= 11 is 0. The highest BCUT2D eigenvalue weighted by atomic mass is 19.2. The molecule has 0 spiro atoms. The molecule has 0 aliphatic rings. The van der Waals surface area contributed by atoms with E-state index in [2.05, 4.69) is 7.85 Å². The van der Waals surface area contributed by atoms with Crippen LogP contribution in [-0.4, -0.2) is 13.1 Å². The first-order valence-electron chi connectivity index (χ1n) is 3.02. The third kappa shape index (κ3) is 1.35. The number of benzene rings is 1. The van der Waals surface area contributed by atoms with Gasteiger partial charge in [-0.1, -0.05) is 0 Å². The Morgan fingerprint density at radius 1 is 0.923 bits per heavy atom. The molecule has 0 fully saturated rings. The van der Waals surface area contributed by atoms with Crippen molar-refractivity contribution in [2.75, 3.05) is 5.48 Å². The number of nitrogens with one attached hydrogen (secondary N) is 1. The van der Waals surface area contributed by atoms with E-state index in [9.17, 15) is 17.6 Å². The number of hydrogen-bond donors (Lipinski definition) is 2. The topological polar surface area (TPSA) is 32.3 Å². The van der Waals surface area contributed by atoms with E-state index in [-0.39, 0.29) is 0 Å². The van der Waals surface area contributed by atoms with Crippen LogP contribution in [0.4, 0.5) is 23.2 Å². The largest absolute Gasteiger partial charge is 0.291 e. The number of halogens is 4. The van der Waals surface area contributed by atoms with E-state index in [0.29, 0.717) is 0 Å². The molecule has 2 N–H and O–H groups in total. The van der Waals surface area contributed by atoms with Gasteiger partial charge >= 0.3 is 0 Å². The summed E-state index contributed by atoms with van der Waals surface area (Å²) in [5.41, 5.74) is -1.60. The third-order valence-electron chi connectivity index (χ3n) is 1.41. The minimum atomic E-state index is -1.78. The van der Waals surface area contributed by atoms with Crippen LogP contribution < -0.4 is 10.9 Å². The van der Waals surface area contributed by atoms with E-state index in [0.717, 1.165) is 5.48 Å². The molecule has 0 aromatic heterocycles. The lowest BCUT2D eigenvalue weighted by atomic mass is 9.94. The molecule has 0 amide bonds. The van der Waals surface area contributed by atoms with Crippen LogP contribution in [0.1, 0.15) is 0 Å². The van der Waals surface area contributed by atoms with E-state index < -0.39 is 34.4 Å². The Kier molecular flexibility index (Phi) is 2.46. The highest BCUT2D eigenvalue weighted by Crippen LogP contribution is 2.21. The molecule has 1 aromatic rings. The summed E-state index contributed by atoms with van der Waals surface area (Å²) in [5, 5.41) is 8.13. The van der Waals surface area contributed by atoms with Gasteiger partial charge < -0.3 is 0 Å². The van der Waals surface area contributed by atoms with Crippen LogP contribution in [0.2, 0.25) is 0 Å². The smallest absolute Gasteiger partial charge is 0.186 e. The molecule has 0 saturated heterocycles. The molecule has 0 aliphatic carbocycles. The summed E-state index contributed by atoms with van der Waals surface area (Å²) in [6.45, 7) is 0. The van der Waals surface area contributed by atoms with Crippen molar-refractivity contribution >= 4 is 19.0 Å². The van der Waals surface area contributed by atoms with Gasteiger partial charge in [-0.15, -0.1) is 0 Å². The van der Waals surface area contributed by atoms with Crippen molar-refractivity contribution in [1.29, 1.82) is 0 Å². The summed E-state index contributed by atoms with van der Waals surface area (Å²) in [5.74, 6) is -7.07. The predicted molar refractivity (Wildman–Crippen MR) is 37.1 cm³/mol. The fraction of sp³-hybridized carbons (Fsp3) is 0. The van der Waals surface area contributed by atoms with Crippen molar-refractivity contribution in [3.05, 3.63) is 23.3 Å². The second kappa shape index (κ2) is 3.25. The minimum absolute atomic E-state index is 0.987. The zero-order valence-electron chi connectivity index (χ0n) is 6.04. The van der Waals surface area contributed by atoms with Gasteiger partial charge in [0, 0.05) is 0 Å². The summed E-state index contributed by atoms with van der Waals surface area (Å²) < 4.78 is 50.4. The first kappa shape index (κ1) is 9.85. The number of hydrogen-bond acceptors (Lipinski definition) is 2. The molecule has 1 aromatic carbocycles. The van der Waals surface area contributed by atoms with Crippen molar-refractivity contribution in [1.82, 2.24) is 0 Å². The fourth-order valence-corrected chi connectivity index (χ4v) is 0.747. The molecular formula is C6H2BF4NO. The SMILES string of the molecule is [B]c1c(F)c(F)c(NO)c(F)c1F. The highest BCUT2D eigenvalue weighted by molar-refractivity contribution is 6.32. The zero-order chi connectivity index (χ0) is 10.2. The molecule has 7 heteroatoms. The Morgan fingerprint density at radius 3 is 1.62 bits per heavy atom. The van der Waals surface area contributed by atoms with Crippen molar-refractivity contribution in [2.24, 2.45) is 0 Å².